The van der Waals surface area contributed by atoms with Crippen molar-refractivity contribution in [1.29, 1.82) is 0 Å². The molecule has 2 fully saturated rings. The highest BCUT2D eigenvalue weighted by Crippen LogP contribution is 2.39. The predicted octanol–water partition coefficient (Wildman–Crippen LogP) is 1.68. The molecule has 0 bridgehead atoms. The maximum Gasteiger partial charge on any atom is 0.315 e. The molecule has 5 amide bonds. The molecule has 12 nitrogen and oxygen atoms in total. The molecule has 2 unspecified atom stereocenters. The van der Waals surface area contributed by atoms with Gasteiger partial charge in [0.25, 0.3) is 5.91 Å². The molecular formula is C33H51N5O7S. The minimum absolute atomic E-state index is 0.0137. The number of hydrogen-bond donors (Lipinski definition) is 4. The molecule has 4 N–H and O–H groups in total. The Hall–Kier alpha value is -3.58. The third-order valence-electron chi connectivity index (χ3n) is 8.87. The number of Topliss-reactive ketones (excluding diaryl/α,β-unsaturated/α-hetero) is 1. The second-order valence-corrected chi connectivity index (χ2v) is 17.1. The molecule has 1 aliphatic carbocycles. The van der Waals surface area contributed by atoms with Crippen LogP contribution in [0, 0.1) is 36.0 Å². The van der Waals surface area contributed by atoms with Crippen LogP contribution in [0.2, 0.25) is 0 Å². The Morgan fingerprint density at radius 3 is 2.13 bits per heavy atom. The van der Waals surface area contributed by atoms with Crippen molar-refractivity contribution < 1.29 is 32.4 Å². The van der Waals surface area contributed by atoms with Crippen LogP contribution in [-0.2, 0) is 29.0 Å². The molecule has 3 atom stereocenters. The molecule has 1 saturated carbocycles. The number of hydrogen-bond acceptors (Lipinski definition) is 7. The summed E-state index contributed by atoms with van der Waals surface area (Å²) in [6.45, 7) is 10.4. The number of carbonyl (C=O) groups excluding carboxylic acids is 5. The van der Waals surface area contributed by atoms with Crippen LogP contribution in [-0.4, -0.2) is 90.6 Å². The first-order chi connectivity index (χ1) is 21.3. The number of terminal acetylenes is 2. The summed E-state index contributed by atoms with van der Waals surface area (Å²) in [6.07, 6.45) is 14.7. The van der Waals surface area contributed by atoms with Gasteiger partial charge in [-0.3, -0.25) is 19.2 Å². The van der Waals surface area contributed by atoms with Crippen LogP contribution >= 0.6 is 0 Å². The van der Waals surface area contributed by atoms with E-state index in [1.165, 1.54) is 4.90 Å². The molecule has 1 aliphatic heterocycles. The van der Waals surface area contributed by atoms with Gasteiger partial charge in [0.1, 0.15) is 6.04 Å². The summed E-state index contributed by atoms with van der Waals surface area (Å²) in [5.41, 5.74) is -1.35. The summed E-state index contributed by atoms with van der Waals surface area (Å²) < 4.78 is 25.2. The third kappa shape index (κ3) is 10.2. The zero-order valence-electron chi connectivity index (χ0n) is 28.1. The molecule has 0 aromatic heterocycles. The summed E-state index contributed by atoms with van der Waals surface area (Å²) in [5.74, 6) is 1.15. The highest BCUT2D eigenvalue weighted by molar-refractivity contribution is 7.92. The quantitative estimate of drug-likeness (QED) is 0.182. The lowest BCUT2D eigenvalue weighted by atomic mass is 9.76. The fraction of sp³-hybridized carbons (Fsp3) is 0.727. The van der Waals surface area contributed by atoms with Gasteiger partial charge in [0, 0.05) is 13.0 Å². The Morgan fingerprint density at radius 1 is 0.957 bits per heavy atom. The van der Waals surface area contributed by atoms with Gasteiger partial charge >= 0.3 is 6.03 Å². The van der Waals surface area contributed by atoms with Crippen LogP contribution in [0.4, 0.5) is 4.79 Å². The fourth-order valence-corrected chi connectivity index (χ4v) is 7.61. The Balaban J connectivity index is 2.21. The minimum Gasteiger partial charge on any atom is -0.344 e. The van der Waals surface area contributed by atoms with Gasteiger partial charge < -0.3 is 26.2 Å². The summed E-state index contributed by atoms with van der Waals surface area (Å²) in [6, 6.07) is -2.86. The second kappa shape index (κ2) is 15.8. The van der Waals surface area contributed by atoms with E-state index in [1.807, 2.05) is 20.8 Å². The summed E-state index contributed by atoms with van der Waals surface area (Å²) >= 11 is 0. The molecule has 0 radical (unpaired) electrons. The number of amides is 5. The highest BCUT2D eigenvalue weighted by Gasteiger charge is 2.48. The van der Waals surface area contributed by atoms with Crippen LogP contribution < -0.4 is 21.3 Å². The van der Waals surface area contributed by atoms with E-state index in [1.54, 1.807) is 20.8 Å². The molecule has 0 aromatic carbocycles. The van der Waals surface area contributed by atoms with Gasteiger partial charge in [0.05, 0.1) is 35.2 Å². The van der Waals surface area contributed by atoms with Gasteiger partial charge in [0.15, 0.2) is 9.84 Å². The lowest BCUT2D eigenvalue weighted by Gasteiger charge is -2.39. The molecular weight excluding hydrogens is 610 g/mol. The van der Waals surface area contributed by atoms with Crippen molar-refractivity contribution in [2.75, 3.05) is 25.4 Å². The molecule has 2 rings (SSSR count). The first kappa shape index (κ1) is 38.6. The number of likely N-dealkylation sites (tertiary alicyclic amines) is 1. The van der Waals surface area contributed by atoms with Crippen molar-refractivity contribution in [2.45, 2.75) is 115 Å². The van der Waals surface area contributed by atoms with E-state index in [0.717, 1.165) is 19.3 Å². The van der Waals surface area contributed by atoms with Gasteiger partial charge in [-0.1, -0.05) is 46.0 Å². The Kier molecular flexibility index (Phi) is 13.3. The van der Waals surface area contributed by atoms with Crippen LogP contribution in [0.1, 0.15) is 92.9 Å². The third-order valence-corrected chi connectivity index (χ3v) is 11.7. The number of sulfone groups is 1. The second-order valence-electron chi connectivity index (χ2n) is 14.4. The van der Waals surface area contributed by atoms with E-state index in [2.05, 4.69) is 33.1 Å². The Bertz CT molecular complexity index is 1340. The number of carbonyl (C=O) groups is 5. The molecule has 2 aliphatic rings. The smallest absolute Gasteiger partial charge is 0.315 e. The van der Waals surface area contributed by atoms with Gasteiger partial charge in [0.2, 0.25) is 17.6 Å². The van der Waals surface area contributed by atoms with Crippen molar-refractivity contribution in [2.24, 2.45) is 11.3 Å². The molecule has 13 heteroatoms. The first-order valence-corrected chi connectivity index (χ1v) is 17.5. The van der Waals surface area contributed by atoms with Crippen molar-refractivity contribution in [3.8, 4) is 24.7 Å². The predicted molar refractivity (Wildman–Crippen MR) is 176 cm³/mol. The van der Waals surface area contributed by atoms with Crippen LogP contribution in [0.3, 0.4) is 0 Å². The SMILES string of the molecule is C#CCCC(NC(=O)[C@@H]1C(C(C)(C)C)CCN1C(=O)CNC(=O)NC1(CS(=O)(=O)C(C)(C)C)CCCCC1)C(=O)C(=O)NCC#C. The van der Waals surface area contributed by atoms with Crippen molar-refractivity contribution in [3.05, 3.63) is 0 Å². The lowest BCUT2D eigenvalue weighted by molar-refractivity contribution is -0.143. The van der Waals surface area contributed by atoms with Crippen LogP contribution in [0.5, 0.6) is 0 Å². The van der Waals surface area contributed by atoms with Gasteiger partial charge in [-0.15, -0.1) is 18.8 Å². The molecule has 46 heavy (non-hydrogen) atoms. The van der Waals surface area contributed by atoms with Gasteiger partial charge in [-0.2, -0.15) is 0 Å². The molecule has 0 spiro atoms. The Morgan fingerprint density at radius 2 is 1.59 bits per heavy atom. The zero-order valence-corrected chi connectivity index (χ0v) is 28.9. The Labute approximate surface area is 274 Å². The lowest BCUT2D eigenvalue weighted by Crippen LogP contribution is -2.59. The van der Waals surface area contributed by atoms with E-state index in [9.17, 15) is 32.4 Å². The highest BCUT2D eigenvalue weighted by atomic mass is 32.2. The summed E-state index contributed by atoms with van der Waals surface area (Å²) in [4.78, 5) is 67.0. The average molecular weight is 662 g/mol. The summed E-state index contributed by atoms with van der Waals surface area (Å²) in [5, 5.41) is 10.4. The average Bonchev–Trinajstić information content (AvgIpc) is 3.42. The van der Waals surface area contributed by atoms with E-state index in [-0.39, 0.29) is 37.6 Å². The van der Waals surface area contributed by atoms with Crippen molar-refractivity contribution >= 4 is 39.4 Å². The van der Waals surface area contributed by atoms with E-state index in [4.69, 9.17) is 12.8 Å². The summed E-state index contributed by atoms with van der Waals surface area (Å²) in [7, 11) is -3.55. The standard InChI is InChI=1S/C33H51N5O7S/c1-9-11-15-24(27(40)29(42)34-19-10-2)36-28(41)26-23(31(3,4)5)16-20-38(26)25(39)21-35-30(43)37-33(17-13-12-14-18-33)22-46(44,45)32(6,7)8/h1-2,23-24,26H,11-22H2,3-8H3,(H,34,42)(H,36,41)(H2,35,37,43)/t23?,24?,26-/m0/s1. The maximum absolute atomic E-state index is 13.8. The molecule has 1 heterocycles. The first-order valence-electron chi connectivity index (χ1n) is 15.9. The van der Waals surface area contributed by atoms with E-state index in [0.29, 0.717) is 19.3 Å². The fourth-order valence-electron chi connectivity index (χ4n) is 6.09. The van der Waals surface area contributed by atoms with Crippen LogP contribution in [0.15, 0.2) is 0 Å². The number of nitrogens with one attached hydrogen (secondary N) is 4. The largest absolute Gasteiger partial charge is 0.344 e. The topological polar surface area (TPSA) is 171 Å². The van der Waals surface area contributed by atoms with Crippen molar-refractivity contribution in [3.63, 3.8) is 0 Å². The minimum atomic E-state index is -3.55. The molecule has 256 valence electrons. The normalized spacial score (nSPS) is 20.4. The number of rotatable bonds is 12. The number of nitrogens with zero attached hydrogens (tertiary/aromatic N) is 1. The number of urea groups is 1. The van der Waals surface area contributed by atoms with E-state index < -0.39 is 73.7 Å². The number of ketones is 1. The van der Waals surface area contributed by atoms with Crippen LogP contribution in [0.25, 0.3) is 0 Å². The van der Waals surface area contributed by atoms with Gasteiger partial charge in [-0.25, -0.2) is 13.2 Å². The van der Waals surface area contributed by atoms with E-state index >= 15 is 0 Å². The zero-order chi connectivity index (χ0) is 34.9. The monoisotopic (exact) mass is 661 g/mol. The maximum atomic E-state index is 13.8. The van der Waals surface area contributed by atoms with Gasteiger partial charge in [-0.05, 0) is 57.8 Å². The van der Waals surface area contributed by atoms with Crippen molar-refractivity contribution in [1.82, 2.24) is 26.2 Å². The molecule has 0 aromatic rings. The molecule has 1 saturated heterocycles.